The Morgan fingerprint density at radius 3 is 1.31 bits per heavy atom. The molecule has 2 atom stereocenters. The Labute approximate surface area is 192 Å². The predicted octanol–water partition coefficient (Wildman–Crippen LogP) is 4.26. The lowest BCUT2D eigenvalue weighted by Crippen LogP contribution is -2.42. The standard InChI is InChI=1S/C26H36N2O4/c1-17-21-15-25(31-5)23(29-3)13-19(21)7-9-27(17)11-12-28-10-8-20-14-24(30-4)26(32-6)16-22(20)18(28)2/h13-18H,7-12H2,1-6H3/t17-,18-/m0/s1. The molecule has 0 saturated carbocycles. The molecule has 2 aromatic rings. The summed E-state index contributed by atoms with van der Waals surface area (Å²) in [4.78, 5) is 5.18. The van der Waals surface area contributed by atoms with E-state index < -0.39 is 0 Å². The highest BCUT2D eigenvalue weighted by molar-refractivity contribution is 5.50. The average Bonchev–Trinajstić information content (AvgIpc) is 2.83. The maximum atomic E-state index is 5.55. The molecule has 0 saturated heterocycles. The molecule has 2 aliphatic rings. The van der Waals surface area contributed by atoms with Gasteiger partial charge in [-0.2, -0.15) is 0 Å². The molecular formula is C26H36N2O4. The minimum Gasteiger partial charge on any atom is -0.493 e. The first-order valence-corrected chi connectivity index (χ1v) is 11.5. The van der Waals surface area contributed by atoms with E-state index in [9.17, 15) is 0 Å². The smallest absolute Gasteiger partial charge is 0.161 e. The molecule has 2 heterocycles. The van der Waals surface area contributed by atoms with Gasteiger partial charge in [-0.3, -0.25) is 9.80 Å². The second-order valence-electron chi connectivity index (χ2n) is 8.74. The summed E-state index contributed by atoms with van der Waals surface area (Å²) in [5, 5.41) is 0. The molecule has 6 heteroatoms. The topological polar surface area (TPSA) is 43.4 Å². The third-order valence-corrected chi connectivity index (χ3v) is 7.30. The zero-order chi connectivity index (χ0) is 22.8. The van der Waals surface area contributed by atoms with E-state index in [1.165, 1.54) is 22.3 Å². The average molecular weight is 441 g/mol. The minimum atomic E-state index is 0.357. The van der Waals surface area contributed by atoms with Crippen molar-refractivity contribution in [2.45, 2.75) is 38.8 Å². The molecule has 2 aromatic carbocycles. The highest BCUT2D eigenvalue weighted by Crippen LogP contribution is 2.39. The van der Waals surface area contributed by atoms with Gasteiger partial charge in [-0.25, -0.2) is 0 Å². The van der Waals surface area contributed by atoms with Gasteiger partial charge in [0.15, 0.2) is 23.0 Å². The van der Waals surface area contributed by atoms with Gasteiger partial charge >= 0.3 is 0 Å². The molecule has 0 aliphatic carbocycles. The molecule has 0 radical (unpaired) electrons. The predicted molar refractivity (Wildman–Crippen MR) is 126 cm³/mol. The molecule has 0 fully saturated rings. The summed E-state index contributed by atoms with van der Waals surface area (Å²) in [6.45, 7) is 8.82. The summed E-state index contributed by atoms with van der Waals surface area (Å²) in [7, 11) is 6.81. The first-order valence-electron chi connectivity index (χ1n) is 11.5. The highest BCUT2D eigenvalue weighted by atomic mass is 16.5. The Hall–Kier alpha value is -2.44. The number of nitrogens with zero attached hydrogens (tertiary/aromatic N) is 2. The molecule has 0 spiro atoms. The van der Waals surface area contributed by atoms with Crippen LogP contribution in [0.2, 0.25) is 0 Å². The van der Waals surface area contributed by atoms with Gasteiger partial charge in [0.2, 0.25) is 0 Å². The molecule has 0 aromatic heterocycles. The van der Waals surface area contributed by atoms with Crippen molar-refractivity contribution >= 4 is 0 Å². The van der Waals surface area contributed by atoms with Crippen molar-refractivity contribution in [1.29, 1.82) is 0 Å². The number of methoxy groups -OCH3 is 4. The zero-order valence-corrected chi connectivity index (χ0v) is 20.2. The van der Waals surface area contributed by atoms with Gasteiger partial charge in [-0.1, -0.05) is 0 Å². The quantitative estimate of drug-likeness (QED) is 0.641. The second-order valence-corrected chi connectivity index (χ2v) is 8.74. The molecular weight excluding hydrogens is 404 g/mol. The van der Waals surface area contributed by atoms with Crippen molar-refractivity contribution in [3.8, 4) is 23.0 Å². The number of benzene rings is 2. The summed E-state index contributed by atoms with van der Waals surface area (Å²) < 4.78 is 22.1. The van der Waals surface area contributed by atoms with Crippen molar-refractivity contribution in [3.63, 3.8) is 0 Å². The van der Waals surface area contributed by atoms with Crippen LogP contribution in [0.3, 0.4) is 0 Å². The zero-order valence-electron chi connectivity index (χ0n) is 20.2. The Kier molecular flexibility index (Phi) is 6.82. The van der Waals surface area contributed by atoms with Crippen LogP contribution in [0.15, 0.2) is 24.3 Å². The van der Waals surface area contributed by atoms with Crippen LogP contribution in [0.25, 0.3) is 0 Å². The second kappa shape index (κ2) is 9.59. The number of rotatable bonds is 7. The Morgan fingerprint density at radius 2 is 0.969 bits per heavy atom. The van der Waals surface area contributed by atoms with Crippen LogP contribution in [0.5, 0.6) is 23.0 Å². The lowest BCUT2D eigenvalue weighted by Gasteiger charge is -2.40. The van der Waals surface area contributed by atoms with E-state index in [0.717, 1.165) is 62.0 Å². The van der Waals surface area contributed by atoms with E-state index in [2.05, 4.69) is 47.9 Å². The van der Waals surface area contributed by atoms with Crippen molar-refractivity contribution in [2.24, 2.45) is 0 Å². The van der Waals surface area contributed by atoms with E-state index in [1.54, 1.807) is 28.4 Å². The van der Waals surface area contributed by atoms with Gasteiger partial charge in [0.1, 0.15) is 0 Å². The number of ether oxygens (including phenoxy) is 4. The summed E-state index contributed by atoms with van der Waals surface area (Å²) in [5.41, 5.74) is 5.44. The third-order valence-electron chi connectivity index (χ3n) is 7.30. The van der Waals surface area contributed by atoms with E-state index in [-0.39, 0.29) is 0 Å². The molecule has 0 unspecified atom stereocenters. The van der Waals surface area contributed by atoms with Crippen molar-refractivity contribution in [2.75, 3.05) is 54.6 Å². The van der Waals surface area contributed by atoms with Crippen LogP contribution >= 0.6 is 0 Å². The van der Waals surface area contributed by atoms with Gasteiger partial charge in [0.25, 0.3) is 0 Å². The lowest BCUT2D eigenvalue weighted by atomic mass is 9.92. The lowest BCUT2D eigenvalue weighted by molar-refractivity contribution is 0.133. The Bertz CT molecular complexity index is 884. The number of hydrogen-bond donors (Lipinski definition) is 0. The summed E-state index contributed by atoms with van der Waals surface area (Å²) in [6, 6.07) is 9.32. The number of hydrogen-bond acceptors (Lipinski definition) is 6. The maximum Gasteiger partial charge on any atom is 0.161 e. The molecule has 174 valence electrons. The van der Waals surface area contributed by atoms with Gasteiger partial charge in [-0.15, -0.1) is 0 Å². The van der Waals surface area contributed by atoms with E-state index in [0.29, 0.717) is 12.1 Å². The van der Waals surface area contributed by atoms with E-state index in [1.807, 2.05) is 0 Å². The maximum absolute atomic E-state index is 5.55. The van der Waals surface area contributed by atoms with Crippen LogP contribution in [0.4, 0.5) is 0 Å². The van der Waals surface area contributed by atoms with Gasteiger partial charge in [0, 0.05) is 38.3 Å². The first kappa shape index (κ1) is 22.7. The normalized spacial score (nSPS) is 20.9. The van der Waals surface area contributed by atoms with E-state index in [4.69, 9.17) is 18.9 Å². The molecule has 4 rings (SSSR count). The molecule has 0 bridgehead atoms. The van der Waals surface area contributed by atoms with Crippen LogP contribution in [-0.2, 0) is 12.8 Å². The van der Waals surface area contributed by atoms with Crippen LogP contribution in [0, 0.1) is 0 Å². The van der Waals surface area contributed by atoms with Crippen molar-refractivity contribution in [3.05, 3.63) is 46.5 Å². The fraction of sp³-hybridized carbons (Fsp3) is 0.538. The fourth-order valence-electron chi connectivity index (χ4n) is 5.26. The minimum absolute atomic E-state index is 0.357. The summed E-state index contributed by atoms with van der Waals surface area (Å²) in [5.74, 6) is 3.26. The molecule has 0 amide bonds. The molecule has 6 nitrogen and oxygen atoms in total. The van der Waals surface area contributed by atoms with Gasteiger partial charge in [-0.05, 0) is 73.2 Å². The Morgan fingerprint density at radius 1 is 0.625 bits per heavy atom. The van der Waals surface area contributed by atoms with Crippen molar-refractivity contribution in [1.82, 2.24) is 9.80 Å². The van der Waals surface area contributed by atoms with Gasteiger partial charge in [0.05, 0.1) is 28.4 Å². The molecule has 0 N–H and O–H groups in total. The summed E-state index contributed by atoms with van der Waals surface area (Å²) in [6.07, 6.45) is 2.07. The van der Waals surface area contributed by atoms with Crippen LogP contribution in [0.1, 0.15) is 48.2 Å². The van der Waals surface area contributed by atoms with Crippen molar-refractivity contribution < 1.29 is 18.9 Å². The summed E-state index contributed by atoms with van der Waals surface area (Å²) >= 11 is 0. The Balaban J connectivity index is 1.46. The SMILES string of the molecule is COc1cc2c(cc1OC)[C@H](C)N(CCN1CCc3cc(OC)c(OC)cc3[C@@H]1C)CC2. The molecule has 32 heavy (non-hydrogen) atoms. The van der Waals surface area contributed by atoms with Gasteiger partial charge < -0.3 is 18.9 Å². The largest absolute Gasteiger partial charge is 0.493 e. The number of fused-ring (bicyclic) bond motifs is 2. The monoisotopic (exact) mass is 440 g/mol. The van der Waals surface area contributed by atoms with Crippen LogP contribution < -0.4 is 18.9 Å². The fourth-order valence-corrected chi connectivity index (χ4v) is 5.26. The molecule has 2 aliphatic heterocycles. The third kappa shape index (κ3) is 4.14. The van der Waals surface area contributed by atoms with E-state index >= 15 is 0 Å². The highest BCUT2D eigenvalue weighted by Gasteiger charge is 2.29. The first-order chi connectivity index (χ1) is 15.5. The van der Waals surface area contributed by atoms with Crippen LogP contribution in [-0.4, -0.2) is 64.4 Å².